The second-order valence-corrected chi connectivity index (χ2v) is 8.21. The third kappa shape index (κ3) is 12.6. The van der Waals surface area contributed by atoms with E-state index in [1.54, 1.807) is 11.0 Å². The van der Waals surface area contributed by atoms with Crippen molar-refractivity contribution in [2.45, 2.75) is 66.4 Å². The fraction of sp³-hybridized carbons (Fsp3) is 0.600. The molecule has 0 unspecified atom stereocenters. The van der Waals surface area contributed by atoms with Gasteiger partial charge in [-0.05, 0) is 58.8 Å². The van der Waals surface area contributed by atoms with E-state index in [-0.39, 0.29) is 17.5 Å². The summed E-state index contributed by atoms with van der Waals surface area (Å²) >= 11 is 3.44. The molecule has 0 N–H and O–H groups in total. The number of unbranched alkanes of at least 4 members (excludes halogenated alkanes) is 1. The fourth-order valence-corrected chi connectivity index (χ4v) is 2.80. The summed E-state index contributed by atoms with van der Waals surface area (Å²) in [6.07, 6.45) is 8.14. The van der Waals surface area contributed by atoms with Gasteiger partial charge < -0.3 is 9.64 Å². The number of esters is 1. The van der Waals surface area contributed by atoms with E-state index in [0.29, 0.717) is 13.0 Å². The van der Waals surface area contributed by atoms with Gasteiger partial charge in [0.15, 0.2) is 0 Å². The van der Waals surface area contributed by atoms with E-state index in [2.05, 4.69) is 22.9 Å². The molecule has 4 nitrogen and oxygen atoms in total. The molecular formula is C20H32BrNO3. The monoisotopic (exact) mass is 413 g/mol. The lowest BCUT2D eigenvalue weighted by molar-refractivity contribution is -0.154. The predicted molar refractivity (Wildman–Crippen MR) is 108 cm³/mol. The molecular weight excluding hydrogens is 382 g/mol. The molecule has 0 atom stereocenters. The minimum Gasteiger partial charge on any atom is -0.460 e. The standard InChI is InChI=1S/C11H14BrNO.C9H18O2/c1-8-4-10(12)5-9(2)7-13(3)11(14)6-8;1-5-6-7-8(10)11-9(2,3)4/h4-6H,7H2,1-3H3;5-7H2,1-4H3/b8-6+,9-5+,10-4+;. The van der Waals surface area contributed by atoms with Crippen molar-refractivity contribution in [2.75, 3.05) is 13.6 Å². The van der Waals surface area contributed by atoms with Gasteiger partial charge in [-0.2, -0.15) is 0 Å². The molecule has 0 fully saturated rings. The van der Waals surface area contributed by atoms with Crippen molar-refractivity contribution < 1.29 is 14.3 Å². The van der Waals surface area contributed by atoms with Gasteiger partial charge in [0.2, 0.25) is 5.91 Å². The van der Waals surface area contributed by atoms with Crippen LogP contribution < -0.4 is 0 Å². The number of allylic oxidation sites excluding steroid dienone is 4. The summed E-state index contributed by atoms with van der Waals surface area (Å²) in [5.74, 6) is -0.0342. The number of ether oxygens (including phenoxy) is 1. The van der Waals surface area contributed by atoms with Crippen molar-refractivity contribution in [1.82, 2.24) is 4.90 Å². The highest BCUT2D eigenvalue weighted by atomic mass is 79.9. The third-order valence-corrected chi connectivity index (χ3v) is 3.58. The van der Waals surface area contributed by atoms with Crippen LogP contribution in [0.5, 0.6) is 0 Å². The molecule has 0 aromatic carbocycles. The zero-order valence-electron chi connectivity index (χ0n) is 16.6. The van der Waals surface area contributed by atoms with Gasteiger partial charge in [-0.25, -0.2) is 0 Å². The van der Waals surface area contributed by atoms with Crippen LogP contribution in [-0.4, -0.2) is 36.0 Å². The van der Waals surface area contributed by atoms with Crippen LogP contribution in [0.15, 0.2) is 33.9 Å². The molecule has 0 aromatic rings. The highest BCUT2D eigenvalue weighted by molar-refractivity contribution is 9.11. The Bertz CT molecular complexity index is 554. The van der Waals surface area contributed by atoms with Crippen molar-refractivity contribution in [3.8, 4) is 0 Å². The van der Waals surface area contributed by atoms with E-state index in [9.17, 15) is 9.59 Å². The molecule has 142 valence electrons. The smallest absolute Gasteiger partial charge is 0.306 e. The maximum atomic E-state index is 11.6. The summed E-state index contributed by atoms with van der Waals surface area (Å²) in [6, 6.07) is 0. The summed E-state index contributed by atoms with van der Waals surface area (Å²) in [7, 11) is 1.81. The molecule has 1 heterocycles. The van der Waals surface area contributed by atoms with Crippen molar-refractivity contribution in [2.24, 2.45) is 0 Å². The number of hydrogen-bond donors (Lipinski definition) is 0. The fourth-order valence-electron chi connectivity index (χ4n) is 2.05. The molecule has 0 saturated heterocycles. The molecule has 1 aliphatic rings. The van der Waals surface area contributed by atoms with Gasteiger partial charge in [0.25, 0.3) is 0 Å². The second kappa shape index (κ2) is 11.3. The summed E-state index contributed by atoms with van der Waals surface area (Å²) in [5, 5.41) is 0. The van der Waals surface area contributed by atoms with Crippen LogP contribution in [0.3, 0.4) is 0 Å². The maximum Gasteiger partial charge on any atom is 0.306 e. The second-order valence-electron chi connectivity index (χ2n) is 7.29. The first-order valence-electron chi connectivity index (χ1n) is 8.64. The van der Waals surface area contributed by atoms with Crippen LogP contribution in [0.4, 0.5) is 0 Å². The topological polar surface area (TPSA) is 46.6 Å². The minimum atomic E-state index is -0.329. The van der Waals surface area contributed by atoms with Gasteiger partial charge in [-0.15, -0.1) is 0 Å². The van der Waals surface area contributed by atoms with Crippen LogP contribution in [0.25, 0.3) is 0 Å². The van der Waals surface area contributed by atoms with Crippen molar-refractivity contribution in [3.63, 3.8) is 0 Å². The highest BCUT2D eigenvalue weighted by Gasteiger charge is 2.15. The SMILES string of the molecule is CC1=C\C(=O)N(C)C/C(C)=C/C(Br)=C\1.CCCCC(=O)OC(C)(C)C. The lowest BCUT2D eigenvalue weighted by Crippen LogP contribution is -2.26. The first-order valence-corrected chi connectivity index (χ1v) is 9.43. The Morgan fingerprint density at radius 2 is 1.84 bits per heavy atom. The summed E-state index contributed by atoms with van der Waals surface area (Å²) in [4.78, 5) is 24.3. The Labute approximate surface area is 161 Å². The molecule has 1 rings (SSSR count). The van der Waals surface area contributed by atoms with Crippen molar-refractivity contribution in [1.29, 1.82) is 0 Å². The molecule has 1 aliphatic heterocycles. The van der Waals surface area contributed by atoms with Crippen LogP contribution in [0, 0.1) is 0 Å². The Morgan fingerprint density at radius 1 is 1.24 bits per heavy atom. The summed E-state index contributed by atoms with van der Waals surface area (Å²) in [5.41, 5.74) is 1.79. The van der Waals surface area contributed by atoms with Crippen LogP contribution >= 0.6 is 15.9 Å². The van der Waals surface area contributed by atoms with Crippen molar-refractivity contribution in [3.05, 3.63) is 33.9 Å². The van der Waals surface area contributed by atoms with E-state index in [1.807, 2.05) is 53.8 Å². The molecule has 0 radical (unpaired) electrons. The lowest BCUT2D eigenvalue weighted by Gasteiger charge is -2.19. The molecule has 0 spiro atoms. The number of rotatable bonds is 3. The number of likely N-dealkylation sites (N-methyl/N-ethyl adjacent to an activating group) is 1. The van der Waals surface area contributed by atoms with E-state index < -0.39 is 0 Å². The first-order chi connectivity index (χ1) is 11.4. The van der Waals surface area contributed by atoms with E-state index in [4.69, 9.17) is 4.74 Å². The Balaban J connectivity index is 0.000000477. The predicted octanol–water partition coefficient (Wildman–Crippen LogP) is 5.15. The molecule has 0 saturated carbocycles. The number of halogens is 1. The zero-order valence-corrected chi connectivity index (χ0v) is 18.2. The van der Waals surface area contributed by atoms with E-state index in [1.165, 1.54) is 0 Å². The maximum absolute atomic E-state index is 11.6. The third-order valence-electron chi connectivity index (χ3n) is 3.12. The van der Waals surface area contributed by atoms with Gasteiger partial charge in [-0.1, -0.05) is 34.8 Å². The molecule has 5 heteroatoms. The Hall–Kier alpha value is -1.36. The largest absolute Gasteiger partial charge is 0.460 e. The Kier molecular flexibility index (Phi) is 10.7. The summed E-state index contributed by atoms with van der Waals surface area (Å²) in [6.45, 7) is 12.3. The number of hydrogen-bond acceptors (Lipinski definition) is 3. The van der Waals surface area contributed by atoms with Crippen LogP contribution in [0.2, 0.25) is 0 Å². The van der Waals surface area contributed by atoms with Crippen molar-refractivity contribution >= 4 is 27.8 Å². The van der Waals surface area contributed by atoms with Crippen LogP contribution in [-0.2, 0) is 14.3 Å². The molecule has 1 amide bonds. The lowest BCUT2D eigenvalue weighted by atomic mass is 10.2. The number of nitrogens with zero attached hydrogens (tertiary/aromatic N) is 1. The molecule has 0 aliphatic carbocycles. The average Bonchev–Trinajstić information content (AvgIpc) is 2.45. The zero-order chi connectivity index (χ0) is 19.6. The quantitative estimate of drug-likeness (QED) is 0.600. The van der Waals surface area contributed by atoms with E-state index in [0.717, 1.165) is 28.5 Å². The number of carbonyl (C=O) groups is 2. The van der Waals surface area contributed by atoms with Gasteiger partial charge in [0.1, 0.15) is 5.60 Å². The van der Waals surface area contributed by atoms with Crippen LogP contribution in [0.1, 0.15) is 60.8 Å². The normalized spacial score (nSPS) is 21.8. The summed E-state index contributed by atoms with van der Waals surface area (Å²) < 4.78 is 6.11. The highest BCUT2D eigenvalue weighted by Crippen LogP contribution is 2.15. The average molecular weight is 414 g/mol. The number of amides is 1. The molecule has 25 heavy (non-hydrogen) atoms. The first kappa shape index (κ1) is 23.6. The van der Waals surface area contributed by atoms with Gasteiger partial charge >= 0.3 is 5.97 Å². The van der Waals surface area contributed by atoms with Gasteiger partial charge in [0.05, 0.1) is 0 Å². The minimum absolute atomic E-state index is 0.0497. The Morgan fingerprint density at radius 3 is 2.36 bits per heavy atom. The molecule has 0 aromatic heterocycles. The van der Waals surface area contributed by atoms with E-state index >= 15 is 0 Å². The van der Waals surface area contributed by atoms with Gasteiger partial charge in [0, 0.05) is 30.6 Å². The molecule has 0 bridgehead atoms. The number of carbonyl (C=O) groups excluding carboxylic acids is 2. The van der Waals surface area contributed by atoms with Gasteiger partial charge in [-0.3, -0.25) is 9.59 Å².